The molecule has 28 heavy (non-hydrogen) atoms. The van der Waals surface area contributed by atoms with Crippen LogP contribution in [0.15, 0.2) is 60.8 Å². The van der Waals surface area contributed by atoms with Crippen LogP contribution in [0.1, 0.15) is 15.9 Å². The molecule has 7 heteroatoms. The normalized spacial score (nSPS) is 9.86. The number of nitrogens with one attached hydrogen (secondary N) is 2. The third-order valence-corrected chi connectivity index (χ3v) is 3.56. The zero-order valence-electron chi connectivity index (χ0n) is 15.6. The summed E-state index contributed by atoms with van der Waals surface area (Å²) in [6.45, 7) is 0.522. The second-order valence-electron chi connectivity index (χ2n) is 5.78. The number of aromatic nitrogens is 1. The lowest BCUT2D eigenvalue weighted by atomic mass is 10.2. The number of hydrogen-bond acceptors (Lipinski definition) is 5. The SMILES string of the molecule is COC.O=Cc1cc(Nc2ccc(F)cc2F)cnc1NCc1ccccc1. The van der Waals surface area contributed by atoms with E-state index < -0.39 is 11.6 Å². The third-order valence-electron chi connectivity index (χ3n) is 3.56. The van der Waals surface area contributed by atoms with Crippen molar-refractivity contribution in [3.8, 4) is 0 Å². The van der Waals surface area contributed by atoms with Crippen LogP contribution < -0.4 is 10.6 Å². The Balaban J connectivity index is 0.000000878. The quantitative estimate of drug-likeness (QED) is 0.598. The molecular formula is C21H21F2N3O2. The largest absolute Gasteiger partial charge is 0.388 e. The Morgan fingerprint density at radius 1 is 1.07 bits per heavy atom. The summed E-state index contributed by atoms with van der Waals surface area (Å²) in [4.78, 5) is 15.5. The molecule has 3 aromatic rings. The molecule has 2 N–H and O–H groups in total. The van der Waals surface area contributed by atoms with Crippen LogP contribution >= 0.6 is 0 Å². The van der Waals surface area contributed by atoms with Gasteiger partial charge in [0, 0.05) is 26.8 Å². The van der Waals surface area contributed by atoms with E-state index in [0.717, 1.165) is 17.7 Å². The molecule has 0 amide bonds. The number of pyridine rings is 1. The maximum atomic E-state index is 13.7. The fourth-order valence-electron chi connectivity index (χ4n) is 2.32. The Bertz CT molecular complexity index is 905. The van der Waals surface area contributed by atoms with Crippen molar-refractivity contribution >= 4 is 23.5 Å². The van der Waals surface area contributed by atoms with Gasteiger partial charge in [-0.3, -0.25) is 4.79 Å². The van der Waals surface area contributed by atoms with Crippen molar-refractivity contribution in [1.29, 1.82) is 0 Å². The lowest BCUT2D eigenvalue weighted by Gasteiger charge is -2.11. The summed E-state index contributed by atoms with van der Waals surface area (Å²) < 4.78 is 30.9. The van der Waals surface area contributed by atoms with Gasteiger partial charge in [0.1, 0.15) is 17.5 Å². The number of benzene rings is 2. The van der Waals surface area contributed by atoms with Gasteiger partial charge in [-0.2, -0.15) is 0 Å². The first-order valence-corrected chi connectivity index (χ1v) is 8.42. The molecule has 0 aliphatic heterocycles. The fraction of sp³-hybridized carbons (Fsp3) is 0.143. The Kier molecular flexibility index (Phi) is 8.05. The van der Waals surface area contributed by atoms with Crippen LogP contribution in [0.3, 0.4) is 0 Å². The minimum atomic E-state index is -0.723. The number of halogens is 2. The molecule has 5 nitrogen and oxygen atoms in total. The van der Waals surface area contributed by atoms with Gasteiger partial charge in [0.25, 0.3) is 0 Å². The van der Waals surface area contributed by atoms with Gasteiger partial charge in [-0.05, 0) is 23.8 Å². The second-order valence-corrected chi connectivity index (χ2v) is 5.78. The lowest BCUT2D eigenvalue weighted by molar-refractivity contribution is 0.112. The summed E-state index contributed by atoms with van der Waals surface area (Å²) in [5.41, 5.74) is 1.92. The Hall–Kier alpha value is -3.32. The van der Waals surface area contributed by atoms with E-state index in [2.05, 4.69) is 20.4 Å². The molecule has 0 spiro atoms. The Labute approximate surface area is 162 Å². The van der Waals surface area contributed by atoms with Gasteiger partial charge in [0.2, 0.25) is 0 Å². The first kappa shape index (κ1) is 21.0. The fourth-order valence-corrected chi connectivity index (χ4v) is 2.32. The van der Waals surface area contributed by atoms with Crippen molar-refractivity contribution in [2.45, 2.75) is 6.54 Å². The van der Waals surface area contributed by atoms with Crippen LogP contribution in [-0.2, 0) is 11.3 Å². The van der Waals surface area contributed by atoms with E-state index >= 15 is 0 Å². The third kappa shape index (κ3) is 6.14. The minimum absolute atomic E-state index is 0.102. The number of nitrogens with zero attached hydrogens (tertiary/aromatic N) is 1. The molecule has 0 atom stereocenters. The Morgan fingerprint density at radius 3 is 2.43 bits per heavy atom. The number of anilines is 3. The van der Waals surface area contributed by atoms with Crippen LogP contribution in [0.4, 0.5) is 26.0 Å². The molecule has 0 aliphatic rings. The molecule has 3 rings (SSSR count). The van der Waals surface area contributed by atoms with Gasteiger partial charge in [-0.15, -0.1) is 0 Å². The molecule has 2 aromatic carbocycles. The molecule has 0 saturated heterocycles. The highest BCUT2D eigenvalue weighted by atomic mass is 19.1. The van der Waals surface area contributed by atoms with E-state index in [1.165, 1.54) is 12.3 Å². The molecule has 1 heterocycles. The van der Waals surface area contributed by atoms with Crippen molar-refractivity contribution in [3.63, 3.8) is 0 Å². The molecule has 0 saturated carbocycles. The Morgan fingerprint density at radius 2 is 1.79 bits per heavy atom. The van der Waals surface area contributed by atoms with E-state index in [0.29, 0.717) is 29.9 Å². The van der Waals surface area contributed by atoms with Crippen molar-refractivity contribution in [2.24, 2.45) is 0 Å². The summed E-state index contributed by atoms with van der Waals surface area (Å²) in [5, 5.41) is 5.88. The van der Waals surface area contributed by atoms with Crippen LogP contribution in [0.25, 0.3) is 0 Å². The number of rotatable bonds is 6. The number of carbonyl (C=O) groups is 1. The summed E-state index contributed by atoms with van der Waals surface area (Å²) in [6, 6.07) is 14.5. The van der Waals surface area contributed by atoms with Crippen LogP contribution in [0.2, 0.25) is 0 Å². The van der Waals surface area contributed by atoms with E-state index in [1.807, 2.05) is 30.3 Å². The first-order valence-electron chi connectivity index (χ1n) is 8.42. The topological polar surface area (TPSA) is 63.2 Å². The summed E-state index contributed by atoms with van der Waals surface area (Å²) in [5.74, 6) is -0.946. The molecule has 0 unspecified atom stereocenters. The van der Waals surface area contributed by atoms with E-state index in [-0.39, 0.29) is 5.69 Å². The highest BCUT2D eigenvalue weighted by Gasteiger charge is 2.08. The molecule has 0 radical (unpaired) electrons. The summed E-state index contributed by atoms with van der Waals surface area (Å²) >= 11 is 0. The predicted molar refractivity (Wildman–Crippen MR) is 106 cm³/mol. The average Bonchev–Trinajstić information content (AvgIpc) is 2.70. The standard InChI is InChI=1S/C19H15F2N3O.C2H6O/c20-15-6-7-18(17(21)9-15)24-16-8-14(12-25)19(23-11-16)22-10-13-4-2-1-3-5-13;1-3-2/h1-9,11-12,24H,10H2,(H,22,23);1-2H3. The number of aldehydes is 1. The van der Waals surface area contributed by atoms with Gasteiger partial charge < -0.3 is 15.4 Å². The van der Waals surface area contributed by atoms with Gasteiger partial charge >= 0.3 is 0 Å². The monoisotopic (exact) mass is 385 g/mol. The lowest BCUT2D eigenvalue weighted by Crippen LogP contribution is -2.05. The van der Waals surface area contributed by atoms with Crippen LogP contribution in [0.5, 0.6) is 0 Å². The zero-order valence-corrected chi connectivity index (χ0v) is 15.6. The minimum Gasteiger partial charge on any atom is -0.388 e. The van der Waals surface area contributed by atoms with Gasteiger partial charge in [-0.25, -0.2) is 13.8 Å². The smallest absolute Gasteiger partial charge is 0.153 e. The number of methoxy groups -OCH3 is 1. The highest BCUT2D eigenvalue weighted by Crippen LogP contribution is 2.23. The average molecular weight is 385 g/mol. The molecule has 0 aliphatic carbocycles. The van der Waals surface area contributed by atoms with Gasteiger partial charge in [0.15, 0.2) is 6.29 Å². The molecule has 0 fully saturated rings. The van der Waals surface area contributed by atoms with Crippen molar-refractivity contribution in [2.75, 3.05) is 24.9 Å². The van der Waals surface area contributed by atoms with Gasteiger partial charge in [0.05, 0.1) is 23.1 Å². The van der Waals surface area contributed by atoms with Crippen molar-refractivity contribution in [3.05, 3.63) is 83.6 Å². The zero-order chi connectivity index (χ0) is 20.4. The van der Waals surface area contributed by atoms with E-state index in [1.54, 1.807) is 20.3 Å². The van der Waals surface area contributed by atoms with E-state index in [4.69, 9.17) is 0 Å². The maximum absolute atomic E-state index is 13.7. The van der Waals surface area contributed by atoms with Gasteiger partial charge in [-0.1, -0.05) is 30.3 Å². The maximum Gasteiger partial charge on any atom is 0.153 e. The summed E-state index contributed by atoms with van der Waals surface area (Å²) in [7, 11) is 3.25. The van der Waals surface area contributed by atoms with E-state index in [9.17, 15) is 13.6 Å². The number of hydrogen-bond donors (Lipinski definition) is 2. The second kappa shape index (κ2) is 10.7. The predicted octanol–water partition coefficient (Wildman–Crippen LogP) is 4.79. The molecular weight excluding hydrogens is 364 g/mol. The molecule has 146 valence electrons. The van der Waals surface area contributed by atoms with Crippen LogP contribution in [0, 0.1) is 11.6 Å². The summed E-state index contributed by atoms with van der Waals surface area (Å²) in [6.07, 6.45) is 2.15. The molecule has 0 bridgehead atoms. The van der Waals surface area contributed by atoms with Crippen LogP contribution in [-0.4, -0.2) is 25.5 Å². The number of carbonyl (C=O) groups excluding carboxylic acids is 1. The van der Waals surface area contributed by atoms with Crippen molar-refractivity contribution < 1.29 is 18.3 Å². The first-order chi connectivity index (χ1) is 13.6. The highest BCUT2D eigenvalue weighted by molar-refractivity contribution is 5.84. The molecule has 1 aromatic heterocycles. The van der Waals surface area contributed by atoms with Crippen molar-refractivity contribution in [1.82, 2.24) is 4.98 Å². The number of ether oxygens (including phenoxy) is 1.